The Morgan fingerprint density at radius 2 is 0.795 bits per heavy atom. The van der Waals surface area contributed by atoms with E-state index in [1.54, 1.807) is 6.92 Å². The molecule has 0 amide bonds. The van der Waals surface area contributed by atoms with Gasteiger partial charge >= 0.3 is 22.3 Å². The van der Waals surface area contributed by atoms with Crippen LogP contribution in [0.4, 0.5) is 0 Å². The summed E-state index contributed by atoms with van der Waals surface area (Å²) in [5.41, 5.74) is 0. The summed E-state index contributed by atoms with van der Waals surface area (Å²) in [6, 6.07) is 0. The van der Waals surface area contributed by atoms with Crippen LogP contribution in [0.2, 0.25) is 0 Å². The number of aliphatic hydroxyl groups is 6. The standard InChI is InChI=1S/C70H134O17S/c1-11-13-15-17-19-21-23-25-26-28-29-31-33-35-37-39-58(73)56(9)46-54(7)44-52(5)42-50(3)41-51(4)43-53(6)45-55(8)47-57(10)68(78)85-65-63(76)60(49-72)83-70(86-69-66(87-88(79,80)81)64(77)62(75)59(48-71)82-69)67(65)84-61(74)40-38-36-34-32-30-27-24-22-20-18-16-14-12-2/h50-60,62-67,69-73,75-77H,11-49H2,1-10H3,(H,79,80,81)/t50-,51+,52-,53+,54-,55+,56-,57+,58?,59?,60?,62-,63-,64?,65?,66+,67-,69-,70-/m1/s1. The molecule has 0 aromatic carbocycles. The maximum Gasteiger partial charge on any atom is 0.397 e. The molecule has 5 unspecified atom stereocenters. The van der Waals surface area contributed by atoms with Crippen molar-refractivity contribution in [2.24, 2.45) is 47.3 Å². The number of carbonyl (C=O) groups excluding carboxylic acids is 2. The van der Waals surface area contributed by atoms with Gasteiger partial charge in [-0.3, -0.25) is 14.1 Å². The number of aliphatic hydroxyl groups excluding tert-OH is 6. The summed E-state index contributed by atoms with van der Waals surface area (Å²) >= 11 is 0. The summed E-state index contributed by atoms with van der Waals surface area (Å²) in [5.74, 6) is 0.857. The Labute approximate surface area is 536 Å². The second-order valence-electron chi connectivity index (χ2n) is 28.4. The van der Waals surface area contributed by atoms with Gasteiger partial charge in [-0.25, -0.2) is 4.18 Å². The second kappa shape index (κ2) is 48.2. The quantitative estimate of drug-likeness (QED) is 0.0169. The van der Waals surface area contributed by atoms with Gasteiger partial charge in [0.1, 0.15) is 30.5 Å². The van der Waals surface area contributed by atoms with E-state index in [-0.39, 0.29) is 18.4 Å². The van der Waals surface area contributed by atoms with E-state index < -0.39 is 103 Å². The number of carbonyl (C=O) groups is 2. The molecule has 2 aliphatic heterocycles. The van der Waals surface area contributed by atoms with E-state index in [4.69, 9.17) is 23.7 Å². The second-order valence-corrected chi connectivity index (χ2v) is 29.4. The van der Waals surface area contributed by atoms with Gasteiger partial charge in [0, 0.05) is 6.42 Å². The summed E-state index contributed by atoms with van der Waals surface area (Å²) in [5, 5.41) is 64.4. The van der Waals surface area contributed by atoms with Gasteiger partial charge in [-0.15, -0.1) is 0 Å². The lowest BCUT2D eigenvalue weighted by molar-refractivity contribution is -0.374. The van der Waals surface area contributed by atoms with Crippen molar-refractivity contribution in [3.05, 3.63) is 0 Å². The first-order chi connectivity index (χ1) is 41.9. The SMILES string of the molecule is CCCCCCCCCCCCCCCCCC(O)[C@H](C)C[C@H](C)C[C@H](C)C[C@H](C)C[C@H](C)C[C@H](C)C[C@H](C)C[C@H](C)C(=O)OC1[C@H](O)C(CO)O[C@H](O[C@H]2OC(CO)[C@@H](O)C(O)[C@@H]2OS(=O)(=O)O)[C@@H]1OC(=O)CCCCCCCCCCCCCCC. The van der Waals surface area contributed by atoms with Gasteiger partial charge in [0.05, 0.1) is 25.2 Å². The van der Waals surface area contributed by atoms with Gasteiger partial charge in [0.25, 0.3) is 0 Å². The van der Waals surface area contributed by atoms with Crippen LogP contribution in [0.15, 0.2) is 0 Å². The van der Waals surface area contributed by atoms with Gasteiger partial charge in [-0.05, 0) is 99.2 Å². The Hall–Kier alpha value is -1.55. The predicted molar refractivity (Wildman–Crippen MR) is 348 cm³/mol. The molecule has 88 heavy (non-hydrogen) atoms. The van der Waals surface area contributed by atoms with Crippen LogP contribution in [0.5, 0.6) is 0 Å². The van der Waals surface area contributed by atoms with E-state index in [9.17, 15) is 53.2 Å². The van der Waals surface area contributed by atoms with Crippen LogP contribution in [0.1, 0.15) is 307 Å². The highest BCUT2D eigenvalue weighted by Crippen LogP contribution is 2.36. The molecule has 0 spiro atoms. The molecule has 2 rings (SSSR count). The highest BCUT2D eigenvalue weighted by Gasteiger charge is 2.55. The van der Waals surface area contributed by atoms with Crippen LogP contribution in [0.25, 0.3) is 0 Å². The van der Waals surface area contributed by atoms with E-state index in [1.165, 1.54) is 135 Å². The summed E-state index contributed by atoms with van der Waals surface area (Å²) in [6.07, 6.45) is 23.5. The van der Waals surface area contributed by atoms with Crippen LogP contribution in [0, 0.1) is 47.3 Å². The maximum atomic E-state index is 14.1. The van der Waals surface area contributed by atoms with Crippen molar-refractivity contribution in [2.45, 2.75) is 374 Å². The third kappa shape index (κ3) is 36.2. The van der Waals surface area contributed by atoms with Gasteiger partial charge in [-0.2, -0.15) is 8.42 Å². The molecule has 0 aliphatic carbocycles. The number of hydrogen-bond acceptors (Lipinski definition) is 16. The topological polar surface area (TPSA) is 265 Å². The Balaban J connectivity index is 1.93. The van der Waals surface area contributed by atoms with Crippen molar-refractivity contribution in [1.29, 1.82) is 0 Å². The first-order valence-corrected chi connectivity index (χ1v) is 37.3. The molecule has 17 nitrogen and oxygen atoms in total. The highest BCUT2D eigenvalue weighted by atomic mass is 32.3. The molecule has 19 atom stereocenters. The lowest BCUT2D eigenvalue weighted by Crippen LogP contribution is -2.65. The lowest BCUT2D eigenvalue weighted by atomic mass is 9.80. The molecule has 2 fully saturated rings. The smallest absolute Gasteiger partial charge is 0.397 e. The predicted octanol–water partition coefficient (Wildman–Crippen LogP) is 14.5. The van der Waals surface area contributed by atoms with Crippen molar-refractivity contribution in [1.82, 2.24) is 0 Å². The first kappa shape index (κ1) is 82.5. The third-order valence-corrected chi connectivity index (χ3v) is 19.3. The van der Waals surface area contributed by atoms with E-state index in [1.807, 2.05) is 0 Å². The Morgan fingerprint density at radius 1 is 0.443 bits per heavy atom. The molecule has 2 heterocycles. The number of hydrogen-bond donors (Lipinski definition) is 7. The van der Waals surface area contributed by atoms with Crippen LogP contribution in [-0.2, 0) is 47.9 Å². The zero-order chi connectivity index (χ0) is 65.4. The molecule has 0 radical (unpaired) electrons. The minimum Gasteiger partial charge on any atom is -0.455 e. The van der Waals surface area contributed by atoms with E-state index in [0.717, 1.165) is 83.5 Å². The molecule has 7 N–H and O–H groups in total. The average molecular weight is 1280 g/mol. The van der Waals surface area contributed by atoms with Crippen molar-refractivity contribution >= 4 is 22.3 Å². The van der Waals surface area contributed by atoms with Crippen molar-refractivity contribution in [2.75, 3.05) is 13.2 Å². The van der Waals surface area contributed by atoms with Crippen LogP contribution < -0.4 is 0 Å². The molecule has 522 valence electrons. The Bertz CT molecular complexity index is 1840. The van der Waals surface area contributed by atoms with E-state index in [2.05, 4.69) is 66.5 Å². The molecule has 0 saturated carbocycles. The van der Waals surface area contributed by atoms with Crippen molar-refractivity contribution < 1.29 is 81.1 Å². The molecule has 0 bridgehead atoms. The maximum absolute atomic E-state index is 14.1. The Kier molecular flexibility index (Phi) is 45.2. The molecule has 0 aromatic rings. The molecular weight excluding hydrogens is 1140 g/mol. The summed E-state index contributed by atoms with van der Waals surface area (Å²) < 4.78 is 67.4. The zero-order valence-electron chi connectivity index (χ0n) is 57.2. The number of esters is 2. The van der Waals surface area contributed by atoms with Crippen LogP contribution in [0.3, 0.4) is 0 Å². The van der Waals surface area contributed by atoms with Gasteiger partial charge in [0.15, 0.2) is 24.6 Å². The van der Waals surface area contributed by atoms with Gasteiger partial charge in [-0.1, -0.05) is 243 Å². The van der Waals surface area contributed by atoms with E-state index in [0.29, 0.717) is 48.3 Å². The number of ether oxygens (including phenoxy) is 5. The fourth-order valence-electron chi connectivity index (χ4n) is 14.2. The van der Waals surface area contributed by atoms with E-state index >= 15 is 0 Å². The van der Waals surface area contributed by atoms with Gasteiger partial charge in [0.2, 0.25) is 6.29 Å². The largest absolute Gasteiger partial charge is 0.455 e. The molecule has 18 heteroatoms. The van der Waals surface area contributed by atoms with Crippen molar-refractivity contribution in [3.8, 4) is 0 Å². The zero-order valence-corrected chi connectivity index (χ0v) is 58.0. The summed E-state index contributed by atoms with van der Waals surface area (Å²) in [6.45, 7) is 20.5. The molecule has 2 saturated heterocycles. The molecule has 0 aromatic heterocycles. The van der Waals surface area contributed by atoms with Crippen molar-refractivity contribution in [3.63, 3.8) is 0 Å². The normalized spacial score (nSPS) is 25.7. The van der Waals surface area contributed by atoms with Crippen LogP contribution >= 0.6 is 0 Å². The number of rotatable bonds is 54. The molecular formula is C70H134O17S. The average Bonchev–Trinajstić information content (AvgIpc) is 1.38. The number of unbranched alkanes of at least 4 members (excludes halogenated alkanes) is 26. The minimum atomic E-state index is -5.32. The highest BCUT2D eigenvalue weighted by molar-refractivity contribution is 7.80. The van der Waals surface area contributed by atoms with Gasteiger partial charge < -0.3 is 54.3 Å². The van der Waals surface area contributed by atoms with Crippen LogP contribution in [-0.4, -0.2) is 136 Å². The minimum absolute atomic E-state index is 0.0549. The first-order valence-electron chi connectivity index (χ1n) is 35.9. The fraction of sp³-hybridized carbons (Fsp3) is 0.971. The molecule has 2 aliphatic rings. The monoisotopic (exact) mass is 1280 g/mol. The Morgan fingerprint density at radius 3 is 1.19 bits per heavy atom. The third-order valence-electron chi connectivity index (χ3n) is 18.8. The lowest BCUT2D eigenvalue weighted by Gasteiger charge is -2.46. The summed E-state index contributed by atoms with van der Waals surface area (Å²) in [4.78, 5) is 27.7. The summed E-state index contributed by atoms with van der Waals surface area (Å²) in [7, 11) is -5.32. The fourth-order valence-corrected chi connectivity index (χ4v) is 14.7.